The molecule has 3 unspecified atom stereocenters. The number of hydrogen-bond donors (Lipinski definition) is 0. The summed E-state index contributed by atoms with van der Waals surface area (Å²) in [5.41, 5.74) is 12.7. The average Bonchev–Trinajstić information content (AvgIpc) is 3.81. The van der Waals surface area contributed by atoms with E-state index in [2.05, 4.69) is 90.5 Å². The minimum absolute atomic E-state index is 0.0362. The fourth-order valence-electron chi connectivity index (χ4n) is 9.19. The highest BCUT2D eigenvalue weighted by Gasteiger charge is 2.43. The molecule has 0 saturated heterocycles. The molecule has 49 heavy (non-hydrogen) atoms. The second kappa shape index (κ2) is 11.4. The quantitative estimate of drug-likeness (QED) is 0.219. The summed E-state index contributed by atoms with van der Waals surface area (Å²) >= 11 is 1.82. The molecule has 0 radical (unpaired) electrons. The van der Waals surface area contributed by atoms with Gasteiger partial charge in [0.2, 0.25) is 0 Å². The Bertz CT molecular complexity index is 2200. The molecule has 4 aliphatic carbocycles. The van der Waals surface area contributed by atoms with Crippen LogP contribution in [0.15, 0.2) is 131 Å². The van der Waals surface area contributed by atoms with E-state index in [0.29, 0.717) is 0 Å². The Morgan fingerprint density at radius 1 is 0.939 bits per heavy atom. The predicted molar refractivity (Wildman–Crippen MR) is 199 cm³/mol. The molecule has 0 bridgehead atoms. The normalized spacial score (nSPS) is 24.4. The summed E-state index contributed by atoms with van der Waals surface area (Å²) in [7, 11) is 0. The second-order valence-corrected chi connectivity index (χ2v) is 15.3. The van der Waals surface area contributed by atoms with Gasteiger partial charge in [-0.2, -0.15) is 0 Å². The second-order valence-electron chi connectivity index (χ2n) is 14.2. The van der Waals surface area contributed by atoms with Crippen LogP contribution in [0.3, 0.4) is 0 Å². The van der Waals surface area contributed by atoms with Crippen LogP contribution >= 0.6 is 11.8 Å². The minimum Gasteiger partial charge on any atom is -0.485 e. The fraction of sp³-hybridized carbons (Fsp3) is 0.250. The van der Waals surface area contributed by atoms with E-state index in [9.17, 15) is 0 Å². The number of thioether (sulfide) groups is 1. The summed E-state index contributed by atoms with van der Waals surface area (Å²) in [4.78, 5) is 17.2. The molecule has 1 saturated carbocycles. The first-order valence-electron chi connectivity index (χ1n) is 17.7. The van der Waals surface area contributed by atoms with Crippen molar-refractivity contribution in [1.82, 2.24) is 15.0 Å². The van der Waals surface area contributed by atoms with Gasteiger partial charge in [0, 0.05) is 46.3 Å². The summed E-state index contributed by atoms with van der Waals surface area (Å²) in [5, 5.41) is 0. The lowest BCUT2D eigenvalue weighted by atomic mass is 9.68. The van der Waals surface area contributed by atoms with Crippen molar-refractivity contribution in [2.75, 3.05) is 0 Å². The third kappa shape index (κ3) is 4.62. The topological polar surface area (TPSA) is 47.9 Å². The van der Waals surface area contributed by atoms with Crippen LogP contribution in [0.5, 0.6) is 5.75 Å². The lowest BCUT2D eigenvalue weighted by Gasteiger charge is -2.36. The summed E-state index contributed by atoms with van der Waals surface area (Å²) in [6.07, 6.45) is 30.0. The molecule has 4 heterocycles. The van der Waals surface area contributed by atoms with E-state index in [-0.39, 0.29) is 23.4 Å². The van der Waals surface area contributed by atoms with Crippen LogP contribution in [0.2, 0.25) is 0 Å². The number of hydrogen-bond acceptors (Lipinski definition) is 5. The van der Waals surface area contributed by atoms with Gasteiger partial charge in [-0.1, -0.05) is 104 Å². The Balaban J connectivity index is 0.970. The Morgan fingerprint density at radius 2 is 1.82 bits per heavy atom. The number of ether oxygens (including phenoxy) is 1. The maximum atomic E-state index is 6.61. The molecule has 1 fully saturated rings. The first-order chi connectivity index (χ1) is 24.2. The zero-order chi connectivity index (χ0) is 32.5. The number of pyridine rings is 1. The SMILES string of the molecule is C=C/C=C1\Cc2cc(C3=CC4Oc5ccc(-c6nc(-c7ccncc7)c7c(n6)C6CC=CC=C6S7)cc5C4C=C3)ccc2C12CCCCC2. The minimum atomic E-state index is -0.0362. The van der Waals surface area contributed by atoms with Crippen LogP contribution in [0, 0.1) is 0 Å². The lowest BCUT2D eigenvalue weighted by Crippen LogP contribution is -2.28. The van der Waals surface area contributed by atoms with Gasteiger partial charge in [0.15, 0.2) is 5.82 Å². The number of nitrogens with zero attached hydrogens (tertiary/aromatic N) is 3. The van der Waals surface area contributed by atoms with Gasteiger partial charge >= 0.3 is 0 Å². The molecule has 6 aliphatic rings. The number of rotatable bonds is 4. The molecule has 2 aromatic carbocycles. The van der Waals surface area contributed by atoms with Gasteiger partial charge in [0.05, 0.1) is 16.3 Å². The summed E-state index contributed by atoms with van der Waals surface area (Å²) in [5.74, 6) is 2.16. The molecule has 2 aromatic heterocycles. The van der Waals surface area contributed by atoms with Gasteiger partial charge in [-0.15, -0.1) is 0 Å². The molecule has 4 aromatic rings. The number of allylic oxidation sites excluding steroid dienone is 9. The van der Waals surface area contributed by atoms with E-state index < -0.39 is 0 Å². The Morgan fingerprint density at radius 3 is 2.69 bits per heavy atom. The standard InChI is InChI=1S/C44H37N3OS/c1-2-8-32-24-31-23-28(12-15-36(31)44(32)19-6-3-7-20-44)29-11-14-33-35-25-30(13-16-37(35)48-38(33)26-29)43-46-40(27-17-21-45-22-18-27)42-41(47-43)34-9-4-5-10-39(34)49-42/h2,4-5,8,10-18,21-23,25-26,33-34,38H,1,3,6-7,9,19-20,24H2/b32-8+. The fourth-order valence-corrected chi connectivity index (χ4v) is 10.5. The van der Waals surface area contributed by atoms with Crippen molar-refractivity contribution in [1.29, 1.82) is 0 Å². The number of fused-ring (bicyclic) bond motifs is 8. The molecule has 0 amide bonds. The zero-order valence-electron chi connectivity index (χ0n) is 27.4. The van der Waals surface area contributed by atoms with Crippen LogP contribution in [-0.4, -0.2) is 21.1 Å². The summed E-state index contributed by atoms with van der Waals surface area (Å²) in [6.45, 7) is 4.05. The first kappa shape index (κ1) is 29.2. The van der Waals surface area contributed by atoms with E-state index in [1.165, 1.54) is 64.2 Å². The monoisotopic (exact) mass is 655 g/mol. The summed E-state index contributed by atoms with van der Waals surface area (Å²) < 4.78 is 6.61. The highest BCUT2D eigenvalue weighted by Crippen LogP contribution is 2.55. The Hall–Kier alpha value is -4.74. The molecule has 3 atom stereocenters. The molecule has 2 aliphatic heterocycles. The molecule has 4 nitrogen and oxygen atoms in total. The van der Waals surface area contributed by atoms with Crippen molar-refractivity contribution in [3.63, 3.8) is 0 Å². The van der Waals surface area contributed by atoms with Gasteiger partial charge in [0.25, 0.3) is 0 Å². The molecular weight excluding hydrogens is 619 g/mol. The van der Waals surface area contributed by atoms with E-state index in [4.69, 9.17) is 14.7 Å². The van der Waals surface area contributed by atoms with Gasteiger partial charge in [-0.3, -0.25) is 4.98 Å². The lowest BCUT2D eigenvalue weighted by molar-refractivity contribution is 0.269. The summed E-state index contributed by atoms with van der Waals surface area (Å²) in [6, 6.07) is 17.8. The van der Waals surface area contributed by atoms with Crippen molar-refractivity contribution in [2.24, 2.45) is 0 Å². The van der Waals surface area contributed by atoms with Gasteiger partial charge < -0.3 is 4.74 Å². The molecular formula is C44H37N3OS. The van der Waals surface area contributed by atoms with E-state index in [1.807, 2.05) is 42.4 Å². The van der Waals surface area contributed by atoms with Crippen molar-refractivity contribution < 1.29 is 4.74 Å². The zero-order valence-corrected chi connectivity index (χ0v) is 28.3. The molecule has 1 spiro atoms. The van der Waals surface area contributed by atoms with Crippen LogP contribution < -0.4 is 4.74 Å². The van der Waals surface area contributed by atoms with Gasteiger partial charge in [-0.25, -0.2) is 9.97 Å². The van der Waals surface area contributed by atoms with Crippen molar-refractivity contribution >= 4 is 17.3 Å². The Kier molecular flexibility index (Phi) is 6.80. The van der Waals surface area contributed by atoms with E-state index in [0.717, 1.165) is 46.9 Å². The molecule has 240 valence electrons. The average molecular weight is 656 g/mol. The van der Waals surface area contributed by atoms with Crippen LogP contribution in [0.25, 0.3) is 28.2 Å². The van der Waals surface area contributed by atoms with Crippen LogP contribution in [-0.2, 0) is 11.8 Å². The largest absolute Gasteiger partial charge is 0.485 e. The maximum absolute atomic E-state index is 6.61. The van der Waals surface area contributed by atoms with Gasteiger partial charge in [-0.05, 0) is 89.3 Å². The molecule has 10 rings (SSSR count). The van der Waals surface area contributed by atoms with Crippen LogP contribution in [0.4, 0.5) is 0 Å². The Labute approximate surface area is 292 Å². The van der Waals surface area contributed by atoms with Crippen molar-refractivity contribution in [3.8, 4) is 28.4 Å². The molecule has 0 N–H and O–H groups in total. The van der Waals surface area contributed by atoms with E-state index in [1.54, 1.807) is 11.1 Å². The molecule has 5 heteroatoms. The third-order valence-corrected chi connectivity index (χ3v) is 12.8. The third-order valence-electron chi connectivity index (χ3n) is 11.6. The van der Waals surface area contributed by atoms with Gasteiger partial charge in [0.1, 0.15) is 11.9 Å². The van der Waals surface area contributed by atoms with Crippen molar-refractivity contribution in [3.05, 3.63) is 155 Å². The maximum Gasteiger partial charge on any atom is 0.160 e. The highest BCUT2D eigenvalue weighted by atomic mass is 32.2. The van der Waals surface area contributed by atoms with E-state index >= 15 is 0 Å². The highest BCUT2D eigenvalue weighted by molar-refractivity contribution is 8.03. The number of benzene rings is 2. The number of aromatic nitrogens is 3. The predicted octanol–water partition coefficient (Wildman–Crippen LogP) is 10.6. The first-order valence-corrected chi connectivity index (χ1v) is 18.5. The smallest absolute Gasteiger partial charge is 0.160 e. The van der Waals surface area contributed by atoms with Crippen LogP contribution in [0.1, 0.15) is 78.3 Å². The van der Waals surface area contributed by atoms with Crippen molar-refractivity contribution in [2.45, 2.75) is 73.2 Å².